The van der Waals surface area contributed by atoms with Crippen LogP contribution in [0.2, 0.25) is 5.02 Å². The number of carbonyl (C=O) groups is 1. The molecule has 136 valence electrons. The van der Waals surface area contributed by atoms with Crippen molar-refractivity contribution >= 4 is 29.0 Å². The van der Waals surface area contributed by atoms with E-state index in [1.54, 1.807) is 24.4 Å². The number of benzene rings is 2. The van der Waals surface area contributed by atoms with E-state index in [4.69, 9.17) is 16.3 Å². The van der Waals surface area contributed by atoms with Crippen LogP contribution in [0.5, 0.6) is 5.75 Å². The number of anilines is 2. The van der Waals surface area contributed by atoms with Gasteiger partial charge in [0.25, 0.3) is 5.91 Å². The summed E-state index contributed by atoms with van der Waals surface area (Å²) < 4.78 is 19.4. The largest absolute Gasteiger partial charge is 0.469 e. The number of nitrogens with zero attached hydrogens (tertiary/aromatic N) is 1. The summed E-state index contributed by atoms with van der Waals surface area (Å²) in [4.78, 5) is 16.4. The first-order chi connectivity index (χ1) is 13.0. The number of pyridine rings is 1. The molecule has 27 heavy (non-hydrogen) atoms. The van der Waals surface area contributed by atoms with Crippen molar-refractivity contribution in [3.63, 3.8) is 0 Å². The van der Waals surface area contributed by atoms with E-state index < -0.39 is 11.7 Å². The van der Waals surface area contributed by atoms with Crippen molar-refractivity contribution in [3.8, 4) is 16.9 Å². The Morgan fingerprint density at radius 2 is 2.07 bits per heavy atom. The lowest BCUT2D eigenvalue weighted by Crippen LogP contribution is -2.14. The maximum atomic E-state index is 13.7. The lowest BCUT2D eigenvalue weighted by Gasteiger charge is -2.09. The zero-order valence-corrected chi connectivity index (χ0v) is 15.0. The minimum absolute atomic E-state index is 0.0381. The van der Waals surface area contributed by atoms with Gasteiger partial charge in [-0.1, -0.05) is 23.7 Å². The first-order valence-electron chi connectivity index (χ1n) is 8.30. The van der Waals surface area contributed by atoms with E-state index in [1.165, 1.54) is 18.2 Å². The minimum Gasteiger partial charge on any atom is -0.469 e. The number of hydrogen-bond donors (Lipinski definition) is 2. The zero-order chi connectivity index (χ0) is 19.0. The topological polar surface area (TPSA) is 63.2 Å². The third kappa shape index (κ3) is 3.44. The lowest BCUT2D eigenvalue weighted by atomic mass is 10.1. The molecule has 0 saturated carbocycles. The molecule has 3 aromatic rings. The summed E-state index contributed by atoms with van der Waals surface area (Å²) >= 11 is 6.38. The number of halogens is 2. The van der Waals surface area contributed by atoms with Crippen LogP contribution in [0.3, 0.4) is 0 Å². The van der Waals surface area contributed by atoms with Crippen LogP contribution < -0.4 is 15.4 Å². The van der Waals surface area contributed by atoms with E-state index in [-0.39, 0.29) is 11.8 Å². The van der Waals surface area contributed by atoms with Crippen molar-refractivity contribution < 1.29 is 13.9 Å². The third-order valence-corrected chi connectivity index (χ3v) is 4.48. The fourth-order valence-corrected chi connectivity index (χ4v) is 3.15. The highest BCUT2D eigenvalue weighted by molar-refractivity contribution is 6.33. The quantitative estimate of drug-likeness (QED) is 0.672. The van der Waals surface area contributed by atoms with E-state index in [0.717, 1.165) is 22.6 Å². The van der Waals surface area contributed by atoms with Gasteiger partial charge in [0.05, 0.1) is 16.3 Å². The van der Waals surface area contributed by atoms with Gasteiger partial charge in [-0.05, 0) is 43.3 Å². The molecule has 5 nitrogen and oxygen atoms in total. The molecule has 0 fully saturated rings. The highest BCUT2D eigenvalue weighted by Crippen LogP contribution is 2.40. The molecule has 0 saturated heterocycles. The minimum atomic E-state index is -0.584. The molecule has 1 aliphatic heterocycles. The van der Waals surface area contributed by atoms with Gasteiger partial charge in [-0.3, -0.25) is 4.79 Å². The highest BCUT2D eigenvalue weighted by atomic mass is 35.5. The van der Waals surface area contributed by atoms with Crippen LogP contribution in [0.1, 0.15) is 17.3 Å². The van der Waals surface area contributed by atoms with Gasteiger partial charge in [0, 0.05) is 17.3 Å². The number of nitrogens with one attached hydrogen (secondary N) is 2. The monoisotopic (exact) mass is 383 g/mol. The van der Waals surface area contributed by atoms with E-state index in [0.29, 0.717) is 10.8 Å². The van der Waals surface area contributed by atoms with Crippen LogP contribution >= 0.6 is 11.6 Å². The maximum Gasteiger partial charge on any atom is 0.259 e. The van der Waals surface area contributed by atoms with E-state index in [9.17, 15) is 9.18 Å². The predicted octanol–water partition coefficient (Wildman–Crippen LogP) is 4.94. The number of carbonyl (C=O) groups excluding carboxylic acids is 1. The SMILES string of the molecule is CC1Nc2cc(Cl)c(-c3ccc(NC(=O)c4ccccc4F)nc3)cc2O1. The fraction of sp³-hybridized carbons (Fsp3) is 0.100. The molecule has 1 unspecified atom stereocenters. The van der Waals surface area contributed by atoms with Crippen LogP contribution in [0.15, 0.2) is 54.7 Å². The van der Waals surface area contributed by atoms with Crippen molar-refractivity contribution in [2.45, 2.75) is 13.2 Å². The van der Waals surface area contributed by atoms with Gasteiger partial charge in [-0.25, -0.2) is 9.37 Å². The second-order valence-corrected chi connectivity index (χ2v) is 6.51. The smallest absolute Gasteiger partial charge is 0.259 e. The molecule has 0 spiro atoms. The summed E-state index contributed by atoms with van der Waals surface area (Å²) in [5.74, 6) is -0.105. The Morgan fingerprint density at radius 3 is 2.81 bits per heavy atom. The van der Waals surface area contributed by atoms with Gasteiger partial charge in [0.1, 0.15) is 17.4 Å². The molecule has 0 aliphatic carbocycles. The van der Waals surface area contributed by atoms with Crippen LogP contribution in [-0.2, 0) is 0 Å². The first-order valence-corrected chi connectivity index (χ1v) is 8.68. The molecule has 0 bridgehead atoms. The number of hydrogen-bond acceptors (Lipinski definition) is 4. The Morgan fingerprint density at radius 1 is 1.26 bits per heavy atom. The summed E-state index contributed by atoms with van der Waals surface area (Å²) in [6.45, 7) is 1.90. The lowest BCUT2D eigenvalue weighted by molar-refractivity contribution is 0.102. The summed E-state index contributed by atoms with van der Waals surface area (Å²) in [6.07, 6.45) is 1.48. The molecule has 1 aromatic heterocycles. The van der Waals surface area contributed by atoms with Crippen LogP contribution in [0.4, 0.5) is 15.9 Å². The van der Waals surface area contributed by atoms with Crippen LogP contribution in [0, 0.1) is 5.82 Å². The molecule has 2 aromatic carbocycles. The molecular weight excluding hydrogens is 369 g/mol. The summed E-state index contributed by atoms with van der Waals surface area (Å²) in [5.41, 5.74) is 2.35. The number of amides is 1. The predicted molar refractivity (Wildman–Crippen MR) is 103 cm³/mol. The third-order valence-electron chi connectivity index (χ3n) is 4.17. The van der Waals surface area contributed by atoms with Crippen molar-refractivity contribution in [2.75, 3.05) is 10.6 Å². The summed E-state index contributed by atoms with van der Waals surface area (Å²) in [5, 5.41) is 6.31. The molecule has 7 heteroatoms. The van der Waals surface area contributed by atoms with Gasteiger partial charge in [-0.15, -0.1) is 0 Å². The molecule has 4 rings (SSSR count). The Bertz CT molecular complexity index is 1020. The Labute approximate surface area is 160 Å². The van der Waals surface area contributed by atoms with E-state index in [1.807, 2.05) is 19.1 Å². The number of ether oxygens (including phenoxy) is 1. The van der Waals surface area contributed by atoms with Gasteiger partial charge in [0.15, 0.2) is 6.23 Å². The van der Waals surface area contributed by atoms with Gasteiger partial charge < -0.3 is 15.4 Å². The Kier molecular flexibility index (Phi) is 4.41. The molecule has 2 heterocycles. The highest BCUT2D eigenvalue weighted by Gasteiger charge is 2.20. The maximum absolute atomic E-state index is 13.7. The van der Waals surface area contributed by atoms with Gasteiger partial charge in [0.2, 0.25) is 0 Å². The normalized spacial score (nSPS) is 14.9. The molecule has 1 aliphatic rings. The van der Waals surface area contributed by atoms with Crippen LogP contribution in [0.25, 0.3) is 11.1 Å². The van der Waals surface area contributed by atoms with Gasteiger partial charge in [-0.2, -0.15) is 0 Å². The Balaban J connectivity index is 1.56. The standard InChI is InChI=1S/C20H15ClFN3O2/c1-11-24-17-9-15(21)14(8-18(17)27-11)12-6-7-19(23-10-12)25-20(26)13-4-2-3-5-16(13)22/h2-11,24H,1H3,(H,23,25,26). The van der Waals surface area contributed by atoms with Crippen LogP contribution in [-0.4, -0.2) is 17.1 Å². The van der Waals surface area contributed by atoms with Crippen molar-refractivity contribution in [1.29, 1.82) is 0 Å². The summed E-state index contributed by atoms with van der Waals surface area (Å²) in [7, 11) is 0. The number of fused-ring (bicyclic) bond motifs is 1. The van der Waals surface area contributed by atoms with Crippen molar-refractivity contribution in [2.24, 2.45) is 0 Å². The molecule has 1 atom stereocenters. The zero-order valence-electron chi connectivity index (χ0n) is 14.3. The average molecular weight is 384 g/mol. The average Bonchev–Trinajstić information content (AvgIpc) is 3.01. The second kappa shape index (κ2) is 6.89. The molecular formula is C20H15ClFN3O2. The number of rotatable bonds is 3. The molecule has 1 amide bonds. The number of aromatic nitrogens is 1. The second-order valence-electron chi connectivity index (χ2n) is 6.10. The van der Waals surface area contributed by atoms with Crippen molar-refractivity contribution in [3.05, 3.63) is 71.1 Å². The van der Waals surface area contributed by atoms with Gasteiger partial charge >= 0.3 is 0 Å². The molecule has 2 N–H and O–H groups in total. The fourth-order valence-electron chi connectivity index (χ4n) is 2.88. The molecule has 0 radical (unpaired) electrons. The van der Waals surface area contributed by atoms with E-state index in [2.05, 4.69) is 15.6 Å². The first kappa shape index (κ1) is 17.3. The Hall–Kier alpha value is -3.12. The van der Waals surface area contributed by atoms with E-state index >= 15 is 0 Å². The summed E-state index contributed by atoms with van der Waals surface area (Å²) in [6, 6.07) is 12.9. The van der Waals surface area contributed by atoms with Crippen molar-refractivity contribution in [1.82, 2.24) is 4.98 Å².